The number of carbonyl (C=O) groups is 3. The van der Waals surface area contributed by atoms with Crippen LogP contribution in [-0.4, -0.2) is 22.8 Å². The predicted molar refractivity (Wildman–Crippen MR) is 107 cm³/mol. The molecule has 1 aliphatic heterocycles. The molecule has 0 unspecified atom stereocenters. The molecule has 11 heteroatoms. The van der Waals surface area contributed by atoms with Gasteiger partial charge in [0.1, 0.15) is 11.8 Å². The van der Waals surface area contributed by atoms with E-state index in [1.807, 2.05) is 0 Å². The largest absolute Gasteiger partial charge is 0.317 e. The average Bonchev–Trinajstić information content (AvgIpc) is 3.09. The van der Waals surface area contributed by atoms with Gasteiger partial charge < -0.3 is 5.32 Å². The molecule has 0 radical (unpaired) electrons. The third-order valence-corrected chi connectivity index (χ3v) is 5.11. The Labute approximate surface area is 188 Å². The Kier molecular flexibility index (Phi) is 5.88. The van der Waals surface area contributed by atoms with Crippen molar-refractivity contribution >= 4 is 23.4 Å². The van der Waals surface area contributed by atoms with E-state index in [0.29, 0.717) is 5.06 Å². The van der Waals surface area contributed by atoms with Gasteiger partial charge in [-0.3, -0.25) is 19.2 Å². The Hall–Kier alpha value is -4.12. The molecule has 0 aliphatic carbocycles. The molecule has 1 N–H and O–H groups in total. The molecule has 0 bridgehead atoms. The number of rotatable bonds is 5. The molecule has 3 amide bonds. The number of anilines is 1. The summed E-state index contributed by atoms with van der Waals surface area (Å²) in [5.74, 6) is -13.9. The van der Waals surface area contributed by atoms with Gasteiger partial charge in [0, 0.05) is 5.56 Å². The van der Waals surface area contributed by atoms with Crippen LogP contribution in [0.5, 0.6) is 0 Å². The predicted octanol–water partition coefficient (Wildman–Crippen LogP) is 4.92. The first-order valence-corrected chi connectivity index (χ1v) is 9.69. The van der Waals surface area contributed by atoms with Crippen LogP contribution in [0.4, 0.5) is 27.6 Å². The highest BCUT2D eigenvalue weighted by atomic mass is 19.2. The Morgan fingerprint density at radius 2 is 1.26 bits per heavy atom. The Morgan fingerprint density at radius 1 is 0.794 bits per heavy atom. The van der Waals surface area contributed by atoms with Crippen LogP contribution in [0.1, 0.15) is 49.7 Å². The highest BCUT2D eigenvalue weighted by Gasteiger charge is 2.38. The summed E-state index contributed by atoms with van der Waals surface area (Å²) in [4.78, 5) is 43.2. The lowest BCUT2D eigenvalue weighted by Gasteiger charge is -2.21. The molecule has 0 aromatic heterocycles. The summed E-state index contributed by atoms with van der Waals surface area (Å²) in [6.07, 6.45) is -1.11. The molecule has 1 heterocycles. The van der Waals surface area contributed by atoms with E-state index < -0.39 is 58.6 Å². The summed E-state index contributed by atoms with van der Waals surface area (Å²) in [6.45, 7) is 1.40. The first-order valence-electron chi connectivity index (χ1n) is 9.69. The second kappa shape index (κ2) is 8.67. The van der Waals surface area contributed by atoms with Crippen molar-refractivity contribution in [1.82, 2.24) is 5.06 Å². The van der Waals surface area contributed by atoms with Crippen molar-refractivity contribution in [2.24, 2.45) is 0 Å². The lowest BCUT2D eigenvalue weighted by molar-refractivity contribution is -0.128. The molecular formula is C23H13F5N2O4. The molecule has 0 saturated carbocycles. The molecule has 0 saturated heterocycles. The second-order valence-electron chi connectivity index (χ2n) is 7.18. The van der Waals surface area contributed by atoms with E-state index in [0.717, 1.165) is 0 Å². The van der Waals surface area contributed by atoms with Crippen molar-refractivity contribution in [2.75, 3.05) is 5.32 Å². The minimum atomic E-state index is -2.36. The van der Waals surface area contributed by atoms with E-state index in [1.165, 1.54) is 43.3 Å². The monoisotopic (exact) mass is 476 g/mol. The smallest absolute Gasteiger partial charge is 0.285 e. The van der Waals surface area contributed by atoms with Crippen LogP contribution in [0.25, 0.3) is 0 Å². The molecule has 1 aliphatic rings. The van der Waals surface area contributed by atoms with Gasteiger partial charge in [0.15, 0.2) is 23.3 Å². The van der Waals surface area contributed by atoms with Crippen LogP contribution in [-0.2, 0) is 4.84 Å². The van der Waals surface area contributed by atoms with Crippen molar-refractivity contribution in [2.45, 2.75) is 13.0 Å². The van der Waals surface area contributed by atoms with Gasteiger partial charge in [-0.2, -0.15) is 0 Å². The van der Waals surface area contributed by atoms with Crippen LogP contribution >= 0.6 is 0 Å². The third kappa shape index (κ3) is 3.69. The summed E-state index contributed by atoms with van der Waals surface area (Å²) in [7, 11) is 0. The molecular weight excluding hydrogens is 463 g/mol. The SMILES string of the molecule is C[C@H](ON1C(=O)c2ccccc2C1=O)c1ccccc1C(=O)Nc1c(F)c(F)c(F)c(F)c1F. The maximum atomic E-state index is 14.0. The summed E-state index contributed by atoms with van der Waals surface area (Å²) < 4.78 is 68.2. The zero-order valence-electron chi connectivity index (χ0n) is 17.2. The maximum absolute atomic E-state index is 14.0. The minimum absolute atomic E-state index is 0.0698. The number of hydrogen-bond acceptors (Lipinski definition) is 4. The van der Waals surface area contributed by atoms with E-state index in [9.17, 15) is 36.3 Å². The normalized spacial score (nSPS) is 13.8. The number of carbonyl (C=O) groups excluding carboxylic acids is 3. The van der Waals surface area contributed by atoms with Crippen LogP contribution in [0, 0.1) is 29.1 Å². The fourth-order valence-electron chi connectivity index (χ4n) is 3.43. The van der Waals surface area contributed by atoms with Crippen molar-refractivity contribution in [1.29, 1.82) is 0 Å². The van der Waals surface area contributed by atoms with Gasteiger partial charge in [-0.05, 0) is 30.7 Å². The third-order valence-electron chi connectivity index (χ3n) is 5.11. The maximum Gasteiger partial charge on any atom is 0.285 e. The van der Waals surface area contributed by atoms with Gasteiger partial charge in [-0.15, -0.1) is 5.06 Å². The van der Waals surface area contributed by atoms with Gasteiger partial charge in [0.05, 0.1) is 11.1 Å². The fraction of sp³-hybridized carbons (Fsp3) is 0.0870. The zero-order chi connectivity index (χ0) is 24.7. The number of benzene rings is 3. The second-order valence-corrected chi connectivity index (χ2v) is 7.18. The van der Waals surface area contributed by atoms with E-state index in [4.69, 9.17) is 4.84 Å². The van der Waals surface area contributed by atoms with Gasteiger partial charge in [0.2, 0.25) is 5.82 Å². The molecule has 174 valence electrons. The number of fused-ring (bicyclic) bond motifs is 1. The first-order chi connectivity index (χ1) is 16.1. The Balaban J connectivity index is 1.61. The number of amides is 3. The zero-order valence-corrected chi connectivity index (χ0v) is 17.2. The van der Waals surface area contributed by atoms with Gasteiger partial charge in [-0.1, -0.05) is 30.3 Å². The van der Waals surface area contributed by atoms with E-state index >= 15 is 0 Å². The number of hydrogen-bond donors (Lipinski definition) is 1. The van der Waals surface area contributed by atoms with Crippen molar-refractivity contribution < 1.29 is 41.2 Å². The average molecular weight is 476 g/mol. The number of nitrogens with one attached hydrogen (secondary N) is 1. The van der Waals surface area contributed by atoms with Gasteiger partial charge >= 0.3 is 0 Å². The van der Waals surface area contributed by atoms with Crippen molar-refractivity contribution in [3.8, 4) is 0 Å². The lowest BCUT2D eigenvalue weighted by Crippen LogP contribution is -2.31. The van der Waals surface area contributed by atoms with E-state index in [1.54, 1.807) is 17.4 Å². The molecule has 3 aromatic carbocycles. The van der Waals surface area contributed by atoms with Gasteiger partial charge in [0.25, 0.3) is 17.7 Å². The lowest BCUT2D eigenvalue weighted by atomic mass is 10.0. The molecule has 0 spiro atoms. The summed E-state index contributed by atoms with van der Waals surface area (Å²) in [6, 6.07) is 11.4. The van der Waals surface area contributed by atoms with Crippen molar-refractivity contribution in [3.05, 3.63) is 99.9 Å². The van der Waals surface area contributed by atoms with Gasteiger partial charge in [-0.25, -0.2) is 22.0 Å². The Bertz CT molecular complexity index is 1300. The Morgan fingerprint density at radius 3 is 1.82 bits per heavy atom. The van der Waals surface area contributed by atoms with E-state index in [-0.39, 0.29) is 22.3 Å². The summed E-state index contributed by atoms with van der Waals surface area (Å²) >= 11 is 0. The number of hydroxylamine groups is 2. The number of halogens is 5. The number of nitrogens with zero attached hydrogens (tertiary/aromatic N) is 1. The fourth-order valence-corrected chi connectivity index (χ4v) is 3.43. The summed E-state index contributed by atoms with van der Waals surface area (Å²) in [5, 5.41) is 2.21. The first kappa shape index (κ1) is 23.1. The van der Waals surface area contributed by atoms with E-state index in [2.05, 4.69) is 0 Å². The minimum Gasteiger partial charge on any atom is -0.317 e. The number of imide groups is 1. The van der Waals surface area contributed by atoms with Crippen LogP contribution in [0.3, 0.4) is 0 Å². The van der Waals surface area contributed by atoms with Crippen molar-refractivity contribution in [3.63, 3.8) is 0 Å². The topological polar surface area (TPSA) is 75.7 Å². The molecule has 34 heavy (non-hydrogen) atoms. The molecule has 3 aromatic rings. The quantitative estimate of drug-likeness (QED) is 0.246. The summed E-state index contributed by atoms with van der Waals surface area (Å²) in [5.41, 5.74) is -1.46. The molecule has 0 fully saturated rings. The molecule has 1 atom stereocenters. The standard InChI is InChI=1S/C23H13F5N2O4/c1-10(34-30-22(32)13-8-4-5-9-14(13)23(30)33)11-6-2-3-7-12(11)21(31)29-20-18(27)16(25)15(24)17(26)19(20)28/h2-10H,1H3,(H,29,31)/t10-/m0/s1. The molecule has 4 rings (SSSR count). The van der Waals surface area contributed by atoms with Crippen LogP contribution in [0.2, 0.25) is 0 Å². The molecule has 6 nitrogen and oxygen atoms in total. The van der Waals surface area contributed by atoms with Crippen LogP contribution in [0.15, 0.2) is 48.5 Å². The highest BCUT2D eigenvalue weighted by molar-refractivity contribution is 6.20. The van der Waals surface area contributed by atoms with Crippen LogP contribution < -0.4 is 5.32 Å². The highest BCUT2D eigenvalue weighted by Crippen LogP contribution is 2.31.